The van der Waals surface area contributed by atoms with Crippen LogP contribution < -0.4 is 11.1 Å². The summed E-state index contributed by atoms with van der Waals surface area (Å²) in [6.07, 6.45) is 2.19. The summed E-state index contributed by atoms with van der Waals surface area (Å²) in [5, 5.41) is 3.38. The van der Waals surface area contributed by atoms with E-state index in [0.717, 1.165) is 39.0 Å². The van der Waals surface area contributed by atoms with Gasteiger partial charge < -0.3 is 16.0 Å². The van der Waals surface area contributed by atoms with E-state index in [1.165, 1.54) is 0 Å². The summed E-state index contributed by atoms with van der Waals surface area (Å²) in [4.78, 5) is 14.2. The number of rotatable bonds is 4. The maximum absolute atomic E-state index is 12.3. The van der Waals surface area contributed by atoms with Gasteiger partial charge in [0.1, 0.15) is 0 Å². The second-order valence-corrected chi connectivity index (χ2v) is 6.42. The number of carbonyl (C=O) groups excluding carboxylic acids is 1. The quantitative estimate of drug-likeness (QED) is 0.794. The normalized spacial score (nSPS) is 19.9. The fourth-order valence-electron chi connectivity index (χ4n) is 2.27. The van der Waals surface area contributed by atoms with E-state index < -0.39 is 0 Å². The molecular weight excluding hydrogens is 226 g/mol. The molecule has 1 rings (SSSR count). The van der Waals surface area contributed by atoms with Crippen LogP contribution in [0.15, 0.2) is 0 Å². The smallest absolute Gasteiger partial charge is 0.240 e. The van der Waals surface area contributed by atoms with E-state index in [2.05, 4.69) is 12.2 Å². The molecule has 0 unspecified atom stereocenters. The molecule has 4 nitrogen and oxygen atoms in total. The molecule has 4 heteroatoms. The van der Waals surface area contributed by atoms with Gasteiger partial charge in [-0.2, -0.15) is 0 Å². The third kappa shape index (κ3) is 4.25. The number of nitrogens with one attached hydrogen (secondary N) is 1. The minimum Gasteiger partial charge on any atom is -0.341 e. The first-order valence-corrected chi connectivity index (χ1v) is 7.11. The Labute approximate surface area is 111 Å². The van der Waals surface area contributed by atoms with Crippen molar-refractivity contribution < 1.29 is 4.79 Å². The van der Waals surface area contributed by atoms with E-state index in [-0.39, 0.29) is 17.4 Å². The molecule has 1 saturated heterocycles. The lowest BCUT2D eigenvalue weighted by molar-refractivity contribution is -0.136. The first-order chi connectivity index (χ1) is 8.36. The topological polar surface area (TPSA) is 58.4 Å². The molecule has 0 radical (unpaired) electrons. The highest BCUT2D eigenvalue weighted by atomic mass is 16.2. The standard InChI is InChI=1S/C14H29N3O/c1-5-16-10-11-6-8-17(9-7-11)13(18)12(15)14(2,3)4/h11-12,16H,5-10,15H2,1-4H3/t12-/m1/s1. The number of amides is 1. The zero-order valence-corrected chi connectivity index (χ0v) is 12.3. The summed E-state index contributed by atoms with van der Waals surface area (Å²) in [7, 11) is 0. The Bertz CT molecular complexity index is 265. The molecule has 3 N–H and O–H groups in total. The highest BCUT2D eigenvalue weighted by Crippen LogP contribution is 2.22. The van der Waals surface area contributed by atoms with Gasteiger partial charge in [0.05, 0.1) is 6.04 Å². The van der Waals surface area contributed by atoms with Gasteiger partial charge in [0.25, 0.3) is 0 Å². The fraction of sp³-hybridized carbons (Fsp3) is 0.929. The van der Waals surface area contributed by atoms with Crippen LogP contribution in [0.2, 0.25) is 0 Å². The average Bonchev–Trinajstić information content (AvgIpc) is 2.34. The van der Waals surface area contributed by atoms with Gasteiger partial charge in [0.2, 0.25) is 5.91 Å². The Kier molecular flexibility index (Phi) is 5.60. The Balaban J connectivity index is 2.41. The van der Waals surface area contributed by atoms with Gasteiger partial charge in [-0.25, -0.2) is 0 Å². The highest BCUT2D eigenvalue weighted by Gasteiger charge is 2.32. The average molecular weight is 255 g/mol. The summed E-state index contributed by atoms with van der Waals surface area (Å²) in [5.41, 5.74) is 5.88. The molecule has 1 heterocycles. The van der Waals surface area contributed by atoms with Crippen LogP contribution >= 0.6 is 0 Å². The lowest BCUT2D eigenvalue weighted by Crippen LogP contribution is -2.52. The summed E-state index contributed by atoms with van der Waals surface area (Å²) in [6, 6.07) is -0.386. The predicted octanol–water partition coefficient (Wildman–Crippen LogP) is 1.21. The van der Waals surface area contributed by atoms with Gasteiger partial charge in [-0.15, -0.1) is 0 Å². The lowest BCUT2D eigenvalue weighted by Gasteiger charge is -2.36. The Morgan fingerprint density at radius 1 is 1.39 bits per heavy atom. The second kappa shape index (κ2) is 6.53. The van der Waals surface area contributed by atoms with E-state index in [9.17, 15) is 4.79 Å². The summed E-state index contributed by atoms with van der Waals surface area (Å²) in [6.45, 7) is 12.0. The van der Waals surface area contributed by atoms with Crippen LogP contribution in [0.5, 0.6) is 0 Å². The Morgan fingerprint density at radius 2 is 1.94 bits per heavy atom. The molecule has 1 atom stereocenters. The molecule has 0 spiro atoms. The van der Waals surface area contributed by atoms with Crippen LogP contribution in [-0.4, -0.2) is 43.0 Å². The first-order valence-electron chi connectivity index (χ1n) is 7.11. The van der Waals surface area contributed by atoms with Gasteiger partial charge in [0.15, 0.2) is 0 Å². The SMILES string of the molecule is CCNCC1CCN(C(=O)[C@@H](N)C(C)(C)C)CC1. The minimum absolute atomic E-state index is 0.115. The van der Waals surface area contributed by atoms with Crippen molar-refractivity contribution in [2.45, 2.75) is 46.6 Å². The predicted molar refractivity (Wildman–Crippen MR) is 75.3 cm³/mol. The molecule has 0 bridgehead atoms. The number of carbonyl (C=O) groups is 1. The molecule has 0 aromatic rings. The zero-order valence-electron chi connectivity index (χ0n) is 12.3. The van der Waals surface area contributed by atoms with Crippen LogP contribution in [0.3, 0.4) is 0 Å². The number of piperidine rings is 1. The van der Waals surface area contributed by atoms with Gasteiger partial charge in [-0.3, -0.25) is 4.79 Å². The third-order valence-electron chi connectivity index (χ3n) is 3.81. The largest absolute Gasteiger partial charge is 0.341 e. The molecule has 0 aromatic carbocycles. The molecule has 1 fully saturated rings. The first kappa shape index (κ1) is 15.4. The summed E-state index contributed by atoms with van der Waals surface area (Å²) >= 11 is 0. The fourth-order valence-corrected chi connectivity index (χ4v) is 2.27. The highest BCUT2D eigenvalue weighted by molar-refractivity contribution is 5.82. The van der Waals surface area contributed by atoms with Crippen LogP contribution in [-0.2, 0) is 4.79 Å². The maximum Gasteiger partial charge on any atom is 0.240 e. The van der Waals surface area contributed by atoms with E-state index >= 15 is 0 Å². The van der Waals surface area contributed by atoms with Crippen molar-refractivity contribution in [3.63, 3.8) is 0 Å². The van der Waals surface area contributed by atoms with Crippen molar-refractivity contribution in [3.8, 4) is 0 Å². The van der Waals surface area contributed by atoms with Gasteiger partial charge in [-0.05, 0) is 37.3 Å². The molecular formula is C14H29N3O. The van der Waals surface area contributed by atoms with Crippen LogP contribution in [0.4, 0.5) is 0 Å². The van der Waals surface area contributed by atoms with Crippen LogP contribution in [0.1, 0.15) is 40.5 Å². The number of hydrogen-bond donors (Lipinski definition) is 2. The van der Waals surface area contributed by atoms with E-state index in [1.54, 1.807) is 0 Å². The molecule has 0 saturated carbocycles. The van der Waals surface area contributed by atoms with E-state index in [4.69, 9.17) is 5.73 Å². The van der Waals surface area contributed by atoms with Gasteiger partial charge in [-0.1, -0.05) is 27.7 Å². The minimum atomic E-state index is -0.386. The zero-order chi connectivity index (χ0) is 13.8. The lowest BCUT2D eigenvalue weighted by atomic mass is 9.86. The van der Waals surface area contributed by atoms with Crippen molar-refractivity contribution in [2.24, 2.45) is 17.1 Å². The summed E-state index contributed by atoms with van der Waals surface area (Å²) < 4.78 is 0. The maximum atomic E-state index is 12.3. The van der Waals surface area contributed by atoms with Crippen LogP contribution in [0, 0.1) is 11.3 Å². The number of likely N-dealkylation sites (tertiary alicyclic amines) is 1. The molecule has 0 aromatic heterocycles. The van der Waals surface area contributed by atoms with Gasteiger partial charge in [0, 0.05) is 13.1 Å². The van der Waals surface area contributed by atoms with E-state index in [1.807, 2.05) is 25.7 Å². The number of hydrogen-bond acceptors (Lipinski definition) is 3. The number of nitrogens with two attached hydrogens (primary N) is 1. The van der Waals surface area contributed by atoms with Crippen molar-refractivity contribution in [1.82, 2.24) is 10.2 Å². The van der Waals surface area contributed by atoms with Gasteiger partial charge >= 0.3 is 0 Å². The summed E-state index contributed by atoms with van der Waals surface area (Å²) in [5.74, 6) is 0.823. The molecule has 0 aliphatic carbocycles. The molecule has 1 aliphatic rings. The van der Waals surface area contributed by atoms with Crippen LogP contribution in [0.25, 0.3) is 0 Å². The third-order valence-corrected chi connectivity index (χ3v) is 3.81. The molecule has 106 valence electrons. The van der Waals surface area contributed by atoms with Crippen molar-refractivity contribution >= 4 is 5.91 Å². The Morgan fingerprint density at radius 3 is 2.39 bits per heavy atom. The second-order valence-electron chi connectivity index (χ2n) is 6.42. The van der Waals surface area contributed by atoms with E-state index in [0.29, 0.717) is 5.92 Å². The van der Waals surface area contributed by atoms with Crippen molar-refractivity contribution in [2.75, 3.05) is 26.2 Å². The molecule has 1 aliphatic heterocycles. The Hall–Kier alpha value is -0.610. The molecule has 18 heavy (non-hydrogen) atoms. The number of nitrogens with zero attached hydrogens (tertiary/aromatic N) is 1. The van der Waals surface area contributed by atoms with Crippen molar-refractivity contribution in [1.29, 1.82) is 0 Å². The van der Waals surface area contributed by atoms with Crippen molar-refractivity contribution in [3.05, 3.63) is 0 Å². The monoisotopic (exact) mass is 255 g/mol. The molecule has 1 amide bonds.